The molecule has 3 heterocycles. The maximum Gasteiger partial charge on any atom is 0.243 e. The Hall–Kier alpha value is -1.60. The highest BCUT2D eigenvalue weighted by Crippen LogP contribution is 2.26. The molecule has 1 fully saturated rings. The van der Waals surface area contributed by atoms with E-state index in [1.807, 2.05) is 35.0 Å². The fourth-order valence-corrected chi connectivity index (χ4v) is 7.65. The van der Waals surface area contributed by atoms with E-state index in [0.29, 0.717) is 13.2 Å². The van der Waals surface area contributed by atoms with Gasteiger partial charge in [0.15, 0.2) is 0 Å². The Morgan fingerprint density at radius 1 is 0.806 bits per heavy atom. The average molecular weight is 499 g/mol. The summed E-state index contributed by atoms with van der Waals surface area (Å²) in [7, 11) is -7.50. The summed E-state index contributed by atoms with van der Waals surface area (Å²) in [6, 6.07) is 13.1. The molecule has 1 aromatic carbocycles. The van der Waals surface area contributed by atoms with Crippen LogP contribution in [0.2, 0.25) is 0 Å². The molecule has 0 atom stereocenters. The van der Waals surface area contributed by atoms with E-state index in [-0.39, 0.29) is 36.0 Å². The van der Waals surface area contributed by atoms with Crippen LogP contribution in [0.25, 0.3) is 0 Å². The van der Waals surface area contributed by atoms with Crippen LogP contribution in [0.4, 0.5) is 0 Å². The fraction of sp³-hybridized carbons (Fsp3) is 0.300. The lowest BCUT2D eigenvalue weighted by molar-refractivity contribution is 0.0730. The monoisotopic (exact) mass is 498 g/mol. The summed E-state index contributed by atoms with van der Waals surface area (Å²) in [5.41, 5.74) is 0. The lowest BCUT2D eigenvalue weighted by Crippen LogP contribution is -2.40. The lowest BCUT2D eigenvalue weighted by Gasteiger charge is -2.26. The van der Waals surface area contributed by atoms with Gasteiger partial charge in [-0.05, 0) is 47.2 Å². The van der Waals surface area contributed by atoms with Crippen molar-refractivity contribution >= 4 is 42.7 Å². The summed E-state index contributed by atoms with van der Waals surface area (Å²) in [6.07, 6.45) is 0. The summed E-state index contributed by atoms with van der Waals surface area (Å²) in [6.45, 7) is 1.80. The van der Waals surface area contributed by atoms with Crippen molar-refractivity contribution in [2.75, 3.05) is 26.3 Å². The first-order chi connectivity index (χ1) is 14.9. The minimum Gasteiger partial charge on any atom is -0.379 e. The first-order valence-electron chi connectivity index (χ1n) is 9.60. The van der Waals surface area contributed by atoms with Gasteiger partial charge in [0.05, 0.1) is 23.0 Å². The molecule has 31 heavy (non-hydrogen) atoms. The number of benzene rings is 1. The van der Waals surface area contributed by atoms with Gasteiger partial charge in [0, 0.05) is 35.9 Å². The molecule has 0 N–H and O–H groups in total. The van der Waals surface area contributed by atoms with Crippen molar-refractivity contribution in [1.82, 2.24) is 8.61 Å². The number of ether oxygens (including phenoxy) is 1. The van der Waals surface area contributed by atoms with Crippen LogP contribution < -0.4 is 0 Å². The molecule has 0 spiro atoms. The topological polar surface area (TPSA) is 84.0 Å². The van der Waals surface area contributed by atoms with Gasteiger partial charge in [-0.1, -0.05) is 12.1 Å². The van der Waals surface area contributed by atoms with Crippen LogP contribution in [0.5, 0.6) is 0 Å². The van der Waals surface area contributed by atoms with E-state index in [1.54, 1.807) is 0 Å². The van der Waals surface area contributed by atoms with Crippen molar-refractivity contribution in [3.8, 4) is 0 Å². The van der Waals surface area contributed by atoms with E-state index < -0.39 is 20.0 Å². The highest BCUT2D eigenvalue weighted by atomic mass is 32.2. The minimum atomic E-state index is -3.82. The number of rotatable bonds is 8. The molecule has 4 rings (SSSR count). The van der Waals surface area contributed by atoms with E-state index in [1.165, 1.54) is 55.5 Å². The molecule has 0 amide bonds. The Bertz CT molecular complexity index is 1150. The Morgan fingerprint density at radius 3 is 1.81 bits per heavy atom. The molecule has 0 unspecified atom stereocenters. The zero-order chi connectivity index (χ0) is 21.9. The molecule has 3 aromatic rings. The third kappa shape index (κ3) is 5.08. The number of nitrogens with zero attached hydrogens (tertiary/aromatic N) is 2. The van der Waals surface area contributed by atoms with Crippen molar-refractivity contribution in [1.29, 1.82) is 0 Å². The van der Waals surface area contributed by atoms with E-state index in [9.17, 15) is 16.8 Å². The van der Waals surface area contributed by atoms with Crippen LogP contribution in [0.1, 0.15) is 9.75 Å². The smallest absolute Gasteiger partial charge is 0.243 e. The third-order valence-corrected chi connectivity index (χ3v) is 10.3. The number of hydrogen-bond acceptors (Lipinski definition) is 7. The van der Waals surface area contributed by atoms with Crippen LogP contribution in [-0.4, -0.2) is 51.7 Å². The van der Waals surface area contributed by atoms with Crippen molar-refractivity contribution in [2.45, 2.75) is 22.9 Å². The largest absolute Gasteiger partial charge is 0.379 e. The first kappa shape index (κ1) is 22.6. The molecule has 0 radical (unpaired) electrons. The molecule has 11 heteroatoms. The van der Waals surface area contributed by atoms with Gasteiger partial charge in [0.2, 0.25) is 20.0 Å². The molecule has 7 nitrogen and oxygen atoms in total. The van der Waals surface area contributed by atoms with Crippen molar-refractivity contribution in [3.05, 3.63) is 69.0 Å². The molecule has 1 saturated heterocycles. The zero-order valence-electron chi connectivity index (χ0n) is 16.6. The lowest BCUT2D eigenvalue weighted by atomic mass is 10.4. The van der Waals surface area contributed by atoms with Gasteiger partial charge in [0.1, 0.15) is 0 Å². The van der Waals surface area contributed by atoms with Gasteiger partial charge in [0.25, 0.3) is 0 Å². The fourth-order valence-electron chi connectivity index (χ4n) is 3.25. The van der Waals surface area contributed by atoms with Gasteiger partial charge in [-0.15, -0.1) is 22.7 Å². The summed E-state index contributed by atoms with van der Waals surface area (Å²) in [5, 5.41) is 3.83. The third-order valence-electron chi connectivity index (χ3n) is 4.89. The maximum absolute atomic E-state index is 13.4. The zero-order valence-corrected chi connectivity index (χ0v) is 19.9. The minimum absolute atomic E-state index is 0.0709. The summed E-state index contributed by atoms with van der Waals surface area (Å²) in [4.78, 5) is 2.02. The Balaban J connectivity index is 1.60. The van der Waals surface area contributed by atoms with Gasteiger partial charge in [-0.2, -0.15) is 8.61 Å². The predicted octanol–water partition coefficient (Wildman–Crippen LogP) is 3.22. The number of sulfonamides is 2. The number of hydrogen-bond donors (Lipinski definition) is 0. The number of thiophene rings is 2. The Morgan fingerprint density at radius 2 is 1.32 bits per heavy atom. The van der Waals surface area contributed by atoms with Gasteiger partial charge < -0.3 is 4.74 Å². The average Bonchev–Trinajstić information content (AvgIpc) is 3.48. The molecule has 1 aliphatic heterocycles. The predicted molar refractivity (Wildman–Crippen MR) is 121 cm³/mol. The Kier molecular flexibility index (Phi) is 6.92. The normalized spacial score (nSPS) is 16.0. The molecule has 2 aromatic heterocycles. The second-order valence-electron chi connectivity index (χ2n) is 6.92. The van der Waals surface area contributed by atoms with Crippen molar-refractivity contribution < 1.29 is 21.6 Å². The second-order valence-corrected chi connectivity index (χ2v) is 12.9. The van der Waals surface area contributed by atoms with E-state index in [2.05, 4.69) is 0 Å². The van der Waals surface area contributed by atoms with Gasteiger partial charge in [-0.25, -0.2) is 16.8 Å². The molecular formula is C20H22N2O5S4. The molecule has 166 valence electrons. The van der Waals surface area contributed by atoms with E-state index >= 15 is 0 Å². The SMILES string of the molecule is O=S(=O)(c1ccc(S(=O)(=O)N(Cc2cccs2)Cc2cccs2)cc1)N1CCOCC1. The number of morpholine rings is 1. The van der Waals surface area contributed by atoms with Crippen LogP contribution in [0, 0.1) is 0 Å². The van der Waals surface area contributed by atoms with Crippen LogP contribution in [0.3, 0.4) is 0 Å². The summed E-state index contributed by atoms with van der Waals surface area (Å²) in [5.74, 6) is 0. The van der Waals surface area contributed by atoms with Crippen LogP contribution in [0.15, 0.2) is 69.1 Å². The van der Waals surface area contributed by atoms with Crippen LogP contribution >= 0.6 is 22.7 Å². The molecule has 0 aliphatic carbocycles. The van der Waals surface area contributed by atoms with E-state index in [0.717, 1.165) is 9.75 Å². The highest BCUT2D eigenvalue weighted by Gasteiger charge is 2.29. The first-order valence-corrected chi connectivity index (χ1v) is 14.2. The van der Waals surface area contributed by atoms with Crippen molar-refractivity contribution in [3.63, 3.8) is 0 Å². The Labute approximate surface area is 190 Å². The van der Waals surface area contributed by atoms with Crippen molar-refractivity contribution in [2.24, 2.45) is 0 Å². The molecular weight excluding hydrogens is 476 g/mol. The molecule has 1 aliphatic rings. The second kappa shape index (κ2) is 9.49. The molecule has 0 bridgehead atoms. The summed E-state index contributed by atoms with van der Waals surface area (Å²) < 4.78 is 60.5. The van der Waals surface area contributed by atoms with Gasteiger partial charge in [-0.3, -0.25) is 0 Å². The van der Waals surface area contributed by atoms with Crippen LogP contribution in [-0.2, 0) is 37.9 Å². The molecule has 0 saturated carbocycles. The highest BCUT2D eigenvalue weighted by molar-refractivity contribution is 7.89. The summed E-state index contributed by atoms with van der Waals surface area (Å²) >= 11 is 3.00. The standard InChI is InChI=1S/C20H22N2O5S4/c23-30(24,21-9-11-27-12-10-21)19-5-7-20(8-6-19)31(25,26)22(15-17-3-1-13-28-17)16-18-4-2-14-29-18/h1-8,13-14H,9-12,15-16H2. The quantitative estimate of drug-likeness (QED) is 0.476. The van der Waals surface area contributed by atoms with E-state index in [4.69, 9.17) is 4.74 Å². The maximum atomic E-state index is 13.4. The van der Waals surface area contributed by atoms with Gasteiger partial charge >= 0.3 is 0 Å².